The highest BCUT2D eigenvalue weighted by Gasteiger charge is 1.69. The van der Waals surface area contributed by atoms with Crippen molar-refractivity contribution in [2.75, 3.05) is 6.61 Å². The summed E-state index contributed by atoms with van der Waals surface area (Å²) >= 11 is 0. The van der Waals surface area contributed by atoms with Gasteiger partial charge < -0.3 is 5.11 Å². The number of aliphatic hydroxyl groups is 1. The molecule has 0 atom stereocenters. The Hall–Kier alpha value is -0.820. The van der Waals surface area contributed by atoms with Crippen LogP contribution in [0.4, 0.5) is 0 Å². The maximum absolute atomic E-state index is 8.07. The predicted octanol–water partition coefficient (Wildman–Crippen LogP) is 3.10. The normalized spacial score (nSPS) is 7.50. The van der Waals surface area contributed by atoms with Crippen molar-refractivity contribution in [3.63, 3.8) is 0 Å². The van der Waals surface area contributed by atoms with E-state index in [1.807, 2.05) is 36.4 Å². The van der Waals surface area contributed by atoms with E-state index in [0.717, 1.165) is 12.8 Å². The van der Waals surface area contributed by atoms with Gasteiger partial charge in [0.15, 0.2) is 0 Å². The van der Waals surface area contributed by atoms with E-state index < -0.39 is 0 Å². The summed E-state index contributed by atoms with van der Waals surface area (Å²) in [5.74, 6) is 0. The molecule has 0 fully saturated rings. The third kappa shape index (κ3) is 11.9. The molecule has 0 aliphatic rings. The van der Waals surface area contributed by atoms with E-state index in [-0.39, 0.29) is 7.43 Å². The Morgan fingerprint density at radius 1 is 0.917 bits per heavy atom. The van der Waals surface area contributed by atoms with Gasteiger partial charge in [0.2, 0.25) is 0 Å². The highest BCUT2D eigenvalue weighted by molar-refractivity contribution is 4.99. The van der Waals surface area contributed by atoms with E-state index in [1.54, 1.807) is 0 Å². The minimum absolute atomic E-state index is 0. The summed E-state index contributed by atoms with van der Waals surface area (Å²) in [6.45, 7) is 2.40. The topological polar surface area (TPSA) is 20.2 Å². The Morgan fingerprint density at radius 3 is 1.33 bits per heavy atom. The molecule has 0 amide bonds. The Balaban J connectivity index is 0. The van der Waals surface area contributed by atoms with Crippen molar-refractivity contribution in [2.45, 2.75) is 27.2 Å². The van der Waals surface area contributed by atoms with Gasteiger partial charge in [-0.2, -0.15) is 0 Å². The molecule has 1 heteroatoms. The second-order valence-corrected chi connectivity index (χ2v) is 2.23. The van der Waals surface area contributed by atoms with Gasteiger partial charge in [0, 0.05) is 6.61 Å². The number of rotatable bonds is 2. The van der Waals surface area contributed by atoms with Crippen LogP contribution in [0, 0.1) is 0 Å². The minimum Gasteiger partial charge on any atom is -0.396 e. The number of benzene rings is 1. The molecule has 0 aliphatic heterocycles. The summed E-state index contributed by atoms with van der Waals surface area (Å²) in [6, 6.07) is 12.0. The van der Waals surface area contributed by atoms with Crippen molar-refractivity contribution in [1.29, 1.82) is 0 Å². The van der Waals surface area contributed by atoms with Gasteiger partial charge in [-0.25, -0.2) is 0 Å². The third-order valence-corrected chi connectivity index (χ3v) is 1.18. The van der Waals surface area contributed by atoms with Crippen molar-refractivity contribution in [3.05, 3.63) is 36.4 Å². The minimum atomic E-state index is 0. The first-order chi connectivity index (χ1) is 5.41. The first-order valence-electron chi connectivity index (χ1n) is 4.02. The van der Waals surface area contributed by atoms with E-state index in [1.165, 1.54) is 0 Å². The highest BCUT2D eigenvalue weighted by Crippen LogP contribution is 1.80. The van der Waals surface area contributed by atoms with Gasteiger partial charge in [-0.1, -0.05) is 57.2 Å². The van der Waals surface area contributed by atoms with E-state index in [0.29, 0.717) is 6.61 Å². The SMILES string of the molecule is C.CCCCO.c1ccccc1. The van der Waals surface area contributed by atoms with Crippen LogP contribution in [-0.2, 0) is 0 Å². The molecule has 0 heterocycles. The summed E-state index contributed by atoms with van der Waals surface area (Å²) in [5.41, 5.74) is 0. The fourth-order valence-electron chi connectivity index (χ4n) is 0.543. The van der Waals surface area contributed by atoms with Crippen molar-refractivity contribution in [2.24, 2.45) is 0 Å². The molecule has 12 heavy (non-hydrogen) atoms. The molecular weight excluding hydrogens is 148 g/mol. The van der Waals surface area contributed by atoms with Crippen LogP contribution in [0.1, 0.15) is 27.2 Å². The monoisotopic (exact) mass is 168 g/mol. The maximum atomic E-state index is 8.07. The molecule has 0 unspecified atom stereocenters. The van der Waals surface area contributed by atoms with Gasteiger partial charge >= 0.3 is 0 Å². The maximum Gasteiger partial charge on any atom is 0.0430 e. The fraction of sp³-hybridized carbons (Fsp3) is 0.455. The fourth-order valence-corrected chi connectivity index (χ4v) is 0.543. The van der Waals surface area contributed by atoms with Crippen LogP contribution >= 0.6 is 0 Å². The molecule has 0 spiro atoms. The van der Waals surface area contributed by atoms with Crippen molar-refractivity contribution < 1.29 is 5.11 Å². The van der Waals surface area contributed by atoms with Gasteiger partial charge in [0.1, 0.15) is 0 Å². The van der Waals surface area contributed by atoms with Gasteiger partial charge in [-0.3, -0.25) is 0 Å². The van der Waals surface area contributed by atoms with Gasteiger partial charge in [-0.15, -0.1) is 0 Å². The lowest BCUT2D eigenvalue weighted by molar-refractivity contribution is 0.287. The van der Waals surface area contributed by atoms with Crippen LogP contribution in [0.25, 0.3) is 0 Å². The summed E-state index contributed by atoms with van der Waals surface area (Å²) < 4.78 is 0. The van der Waals surface area contributed by atoms with E-state index >= 15 is 0 Å². The molecule has 0 bridgehead atoms. The molecular formula is C11H20O. The van der Waals surface area contributed by atoms with Crippen molar-refractivity contribution in [1.82, 2.24) is 0 Å². The Kier molecular flexibility index (Phi) is 14.7. The van der Waals surface area contributed by atoms with Crippen LogP contribution in [0.15, 0.2) is 36.4 Å². The first kappa shape index (κ1) is 13.7. The molecule has 0 aliphatic carbocycles. The standard InChI is InChI=1S/C6H6.C4H10O.CH4/c1-2-4-6-5-3-1;1-2-3-4-5;/h1-6H;5H,2-4H2,1H3;1H4. The largest absolute Gasteiger partial charge is 0.396 e. The Bertz CT molecular complexity index is 108. The molecule has 0 radical (unpaired) electrons. The lowest BCUT2D eigenvalue weighted by atomic mass is 10.4. The second-order valence-electron chi connectivity index (χ2n) is 2.23. The molecule has 1 rings (SSSR count). The Labute approximate surface area is 76.1 Å². The first-order valence-corrected chi connectivity index (χ1v) is 4.02. The van der Waals surface area contributed by atoms with Gasteiger partial charge in [-0.05, 0) is 6.42 Å². The van der Waals surface area contributed by atoms with Gasteiger partial charge in [0.25, 0.3) is 0 Å². The molecule has 1 N–H and O–H groups in total. The smallest absolute Gasteiger partial charge is 0.0430 e. The zero-order valence-corrected chi connectivity index (χ0v) is 7.03. The highest BCUT2D eigenvalue weighted by atomic mass is 16.2. The van der Waals surface area contributed by atoms with E-state index in [9.17, 15) is 0 Å². The lowest BCUT2D eigenvalue weighted by Crippen LogP contribution is -1.75. The molecule has 1 aromatic rings. The molecule has 0 saturated heterocycles. The second kappa shape index (κ2) is 12.8. The predicted molar refractivity (Wildman–Crippen MR) is 55.2 cm³/mol. The number of aliphatic hydroxyl groups excluding tert-OH is 1. The van der Waals surface area contributed by atoms with Gasteiger partial charge in [0.05, 0.1) is 0 Å². The molecule has 0 aromatic heterocycles. The van der Waals surface area contributed by atoms with E-state index in [2.05, 4.69) is 6.92 Å². The van der Waals surface area contributed by atoms with Crippen LogP contribution in [-0.4, -0.2) is 11.7 Å². The van der Waals surface area contributed by atoms with Crippen LogP contribution in [0.5, 0.6) is 0 Å². The van der Waals surface area contributed by atoms with Crippen LogP contribution in [0.3, 0.4) is 0 Å². The third-order valence-electron chi connectivity index (χ3n) is 1.18. The average Bonchev–Trinajstić information content (AvgIpc) is 2.10. The van der Waals surface area contributed by atoms with Crippen LogP contribution < -0.4 is 0 Å². The number of unbranched alkanes of at least 4 members (excludes halogenated alkanes) is 1. The van der Waals surface area contributed by atoms with Crippen molar-refractivity contribution in [3.8, 4) is 0 Å². The molecule has 70 valence electrons. The quantitative estimate of drug-likeness (QED) is 0.719. The molecule has 0 saturated carbocycles. The molecule has 1 nitrogen and oxygen atoms in total. The summed E-state index contributed by atoms with van der Waals surface area (Å²) in [7, 11) is 0. The summed E-state index contributed by atoms with van der Waals surface area (Å²) in [5, 5.41) is 8.07. The molecule has 1 aromatic carbocycles. The lowest BCUT2D eigenvalue weighted by Gasteiger charge is -1.79. The summed E-state index contributed by atoms with van der Waals surface area (Å²) in [4.78, 5) is 0. The number of hydrogen-bond acceptors (Lipinski definition) is 1. The average molecular weight is 168 g/mol. The number of hydrogen-bond donors (Lipinski definition) is 1. The summed E-state index contributed by atoms with van der Waals surface area (Å²) in [6.07, 6.45) is 2.04. The Morgan fingerprint density at radius 2 is 1.25 bits per heavy atom. The van der Waals surface area contributed by atoms with E-state index in [4.69, 9.17) is 5.11 Å². The van der Waals surface area contributed by atoms with Crippen LogP contribution in [0.2, 0.25) is 0 Å². The van der Waals surface area contributed by atoms with Crippen molar-refractivity contribution >= 4 is 0 Å². The zero-order chi connectivity index (χ0) is 8.36. The zero-order valence-electron chi connectivity index (χ0n) is 7.03.